The number of hydrogen-bond donors (Lipinski definition) is 1. The molecule has 0 aliphatic carbocycles. The molecule has 1 fully saturated rings. The maximum Gasteiger partial charge on any atom is 0.244 e. The van der Waals surface area contributed by atoms with Crippen molar-refractivity contribution in [3.05, 3.63) is 65.6 Å². The molecule has 1 aliphatic heterocycles. The van der Waals surface area contributed by atoms with Crippen LogP contribution >= 0.6 is 0 Å². The zero-order chi connectivity index (χ0) is 21.8. The van der Waals surface area contributed by atoms with E-state index in [0.29, 0.717) is 44.2 Å². The first-order chi connectivity index (χ1) is 14.9. The van der Waals surface area contributed by atoms with Crippen molar-refractivity contribution >= 4 is 11.8 Å². The molecule has 0 spiro atoms. The SMILES string of the molecule is Cc1cnn(CC(=O)N2CC(Cc3ccccc3)(C(=O)NCCc3noc(C)n3)C2)c1. The van der Waals surface area contributed by atoms with E-state index in [1.54, 1.807) is 22.7 Å². The lowest BCUT2D eigenvalue weighted by Gasteiger charge is -2.49. The molecule has 0 unspecified atom stereocenters. The summed E-state index contributed by atoms with van der Waals surface area (Å²) in [6, 6.07) is 9.89. The summed E-state index contributed by atoms with van der Waals surface area (Å²) in [6.45, 7) is 5.02. The van der Waals surface area contributed by atoms with Crippen LogP contribution in [0.3, 0.4) is 0 Å². The predicted octanol–water partition coefficient (Wildman–Crippen LogP) is 1.31. The maximum absolute atomic E-state index is 13.1. The van der Waals surface area contributed by atoms with Crippen LogP contribution in [0.1, 0.15) is 22.8 Å². The van der Waals surface area contributed by atoms with Gasteiger partial charge in [-0.05, 0) is 24.5 Å². The van der Waals surface area contributed by atoms with Gasteiger partial charge in [-0.1, -0.05) is 35.5 Å². The molecule has 31 heavy (non-hydrogen) atoms. The van der Waals surface area contributed by atoms with Gasteiger partial charge in [-0.15, -0.1) is 0 Å². The van der Waals surface area contributed by atoms with Crippen LogP contribution in [0.15, 0.2) is 47.2 Å². The van der Waals surface area contributed by atoms with Gasteiger partial charge in [-0.3, -0.25) is 14.3 Å². The topological polar surface area (TPSA) is 106 Å². The highest BCUT2D eigenvalue weighted by atomic mass is 16.5. The zero-order valence-corrected chi connectivity index (χ0v) is 17.7. The molecule has 1 aliphatic rings. The van der Waals surface area contributed by atoms with Crippen molar-refractivity contribution in [2.75, 3.05) is 19.6 Å². The van der Waals surface area contributed by atoms with Gasteiger partial charge in [-0.2, -0.15) is 10.1 Å². The fourth-order valence-electron chi connectivity index (χ4n) is 3.89. The summed E-state index contributed by atoms with van der Waals surface area (Å²) >= 11 is 0. The molecular weight excluding hydrogens is 396 g/mol. The first-order valence-corrected chi connectivity index (χ1v) is 10.3. The van der Waals surface area contributed by atoms with Gasteiger partial charge < -0.3 is 14.7 Å². The van der Waals surface area contributed by atoms with E-state index < -0.39 is 5.41 Å². The number of benzene rings is 1. The van der Waals surface area contributed by atoms with Gasteiger partial charge in [0, 0.05) is 39.2 Å². The number of aryl methyl sites for hydroxylation is 2. The fourth-order valence-corrected chi connectivity index (χ4v) is 3.89. The van der Waals surface area contributed by atoms with Gasteiger partial charge in [0.2, 0.25) is 17.7 Å². The monoisotopic (exact) mass is 422 g/mol. The minimum atomic E-state index is -0.649. The summed E-state index contributed by atoms with van der Waals surface area (Å²) in [5, 5.41) is 11.0. The Labute approximate surface area is 180 Å². The van der Waals surface area contributed by atoms with E-state index in [1.165, 1.54) is 0 Å². The van der Waals surface area contributed by atoms with Crippen LogP contribution in [0.25, 0.3) is 0 Å². The lowest BCUT2D eigenvalue weighted by molar-refractivity contribution is -0.154. The minimum absolute atomic E-state index is 0.0399. The molecule has 0 bridgehead atoms. The van der Waals surface area contributed by atoms with Crippen molar-refractivity contribution in [1.29, 1.82) is 0 Å². The molecule has 0 atom stereocenters. The molecule has 1 saturated heterocycles. The van der Waals surface area contributed by atoms with E-state index in [0.717, 1.165) is 11.1 Å². The second-order valence-electron chi connectivity index (χ2n) is 8.14. The number of rotatable bonds is 8. The number of hydrogen-bond acceptors (Lipinski definition) is 6. The van der Waals surface area contributed by atoms with Crippen molar-refractivity contribution in [1.82, 2.24) is 30.1 Å². The molecule has 4 rings (SSSR count). The Bertz CT molecular complexity index is 1050. The summed E-state index contributed by atoms with van der Waals surface area (Å²) in [7, 11) is 0. The molecule has 1 aromatic carbocycles. The van der Waals surface area contributed by atoms with E-state index in [1.807, 2.05) is 43.5 Å². The summed E-state index contributed by atoms with van der Waals surface area (Å²) in [4.78, 5) is 31.7. The Morgan fingerprint density at radius 1 is 1.19 bits per heavy atom. The highest BCUT2D eigenvalue weighted by molar-refractivity contribution is 5.88. The number of aromatic nitrogens is 4. The Morgan fingerprint density at radius 2 is 1.97 bits per heavy atom. The Balaban J connectivity index is 1.39. The third kappa shape index (κ3) is 4.82. The normalized spacial score (nSPS) is 14.8. The molecule has 2 amide bonds. The van der Waals surface area contributed by atoms with E-state index in [9.17, 15) is 9.59 Å². The quantitative estimate of drug-likeness (QED) is 0.587. The second kappa shape index (κ2) is 8.71. The second-order valence-corrected chi connectivity index (χ2v) is 8.14. The fraction of sp³-hybridized carbons (Fsp3) is 0.409. The number of amides is 2. The lowest BCUT2D eigenvalue weighted by atomic mass is 9.73. The van der Waals surface area contributed by atoms with Gasteiger partial charge in [0.05, 0.1) is 11.6 Å². The molecule has 9 heteroatoms. The summed E-state index contributed by atoms with van der Waals surface area (Å²) in [5.41, 5.74) is 1.43. The van der Waals surface area contributed by atoms with Crippen LogP contribution in [0.4, 0.5) is 0 Å². The lowest BCUT2D eigenvalue weighted by Crippen LogP contribution is -2.66. The van der Waals surface area contributed by atoms with E-state index in [2.05, 4.69) is 20.6 Å². The summed E-state index contributed by atoms with van der Waals surface area (Å²) in [5.74, 6) is 0.967. The van der Waals surface area contributed by atoms with Crippen molar-refractivity contribution in [3.63, 3.8) is 0 Å². The van der Waals surface area contributed by atoms with Gasteiger partial charge in [0.15, 0.2) is 5.82 Å². The Hall–Kier alpha value is -3.49. The summed E-state index contributed by atoms with van der Waals surface area (Å²) in [6.07, 6.45) is 4.63. The van der Waals surface area contributed by atoms with Gasteiger partial charge in [-0.25, -0.2) is 0 Å². The van der Waals surface area contributed by atoms with Crippen LogP contribution in [-0.4, -0.2) is 56.3 Å². The van der Waals surface area contributed by atoms with Crippen molar-refractivity contribution in [3.8, 4) is 0 Å². The molecule has 1 N–H and O–H groups in total. The highest BCUT2D eigenvalue weighted by Crippen LogP contribution is 2.35. The van der Waals surface area contributed by atoms with Crippen LogP contribution in [0.2, 0.25) is 0 Å². The molecule has 2 aromatic heterocycles. The highest BCUT2D eigenvalue weighted by Gasteiger charge is 2.50. The molecular formula is C22H26N6O3. The minimum Gasteiger partial charge on any atom is -0.355 e. The molecule has 9 nitrogen and oxygen atoms in total. The van der Waals surface area contributed by atoms with Gasteiger partial charge in [0.25, 0.3) is 0 Å². The van der Waals surface area contributed by atoms with E-state index in [4.69, 9.17) is 4.52 Å². The number of likely N-dealkylation sites (tertiary alicyclic amines) is 1. The Morgan fingerprint density at radius 3 is 2.61 bits per heavy atom. The smallest absolute Gasteiger partial charge is 0.244 e. The number of nitrogens with one attached hydrogen (secondary N) is 1. The third-order valence-corrected chi connectivity index (χ3v) is 5.47. The number of carbonyl (C=O) groups is 2. The number of carbonyl (C=O) groups excluding carboxylic acids is 2. The standard InChI is InChI=1S/C22H26N6O3/c1-16-11-24-28(12-16)13-20(29)27-14-22(15-27,10-18-6-4-3-5-7-18)21(30)23-9-8-19-25-17(2)31-26-19/h3-7,11-12H,8-10,13-15H2,1-2H3,(H,23,30). The first kappa shape index (κ1) is 20.8. The largest absolute Gasteiger partial charge is 0.355 e. The Kier molecular flexibility index (Phi) is 5.83. The average Bonchev–Trinajstić information content (AvgIpc) is 3.32. The number of nitrogens with zero attached hydrogens (tertiary/aromatic N) is 5. The molecule has 0 radical (unpaired) electrons. The van der Waals surface area contributed by atoms with E-state index >= 15 is 0 Å². The predicted molar refractivity (Wildman–Crippen MR) is 112 cm³/mol. The zero-order valence-electron chi connectivity index (χ0n) is 17.7. The maximum atomic E-state index is 13.1. The van der Waals surface area contributed by atoms with Crippen LogP contribution in [-0.2, 0) is 29.0 Å². The van der Waals surface area contributed by atoms with Crippen molar-refractivity contribution < 1.29 is 14.1 Å². The van der Waals surface area contributed by atoms with Crippen LogP contribution < -0.4 is 5.32 Å². The first-order valence-electron chi connectivity index (χ1n) is 10.3. The molecule has 162 valence electrons. The van der Waals surface area contributed by atoms with E-state index in [-0.39, 0.29) is 18.4 Å². The molecule has 0 saturated carbocycles. The van der Waals surface area contributed by atoms with Gasteiger partial charge >= 0.3 is 0 Å². The van der Waals surface area contributed by atoms with Crippen molar-refractivity contribution in [2.24, 2.45) is 5.41 Å². The third-order valence-electron chi connectivity index (χ3n) is 5.47. The van der Waals surface area contributed by atoms with Crippen LogP contribution in [0, 0.1) is 19.3 Å². The van der Waals surface area contributed by atoms with Crippen molar-refractivity contribution in [2.45, 2.75) is 33.2 Å². The summed E-state index contributed by atoms with van der Waals surface area (Å²) < 4.78 is 6.59. The molecule has 3 aromatic rings. The van der Waals surface area contributed by atoms with Gasteiger partial charge in [0.1, 0.15) is 6.54 Å². The molecule has 3 heterocycles. The van der Waals surface area contributed by atoms with Crippen LogP contribution in [0.5, 0.6) is 0 Å². The average molecular weight is 422 g/mol.